The molecule has 1 saturated heterocycles. The zero-order chi connectivity index (χ0) is 11.1. The highest BCUT2D eigenvalue weighted by Crippen LogP contribution is 2.21. The molecule has 90 valence electrons. The fourth-order valence-electron chi connectivity index (χ4n) is 2.60. The third kappa shape index (κ3) is 4.52. The van der Waals surface area contributed by atoms with Crippen LogP contribution in [-0.4, -0.2) is 36.6 Å². The average molecular weight is 212 g/mol. The van der Waals surface area contributed by atoms with E-state index in [1.807, 2.05) is 0 Å². The van der Waals surface area contributed by atoms with Gasteiger partial charge in [-0.2, -0.15) is 0 Å². The van der Waals surface area contributed by atoms with Crippen molar-refractivity contribution >= 4 is 0 Å². The highest BCUT2D eigenvalue weighted by atomic mass is 15.2. The lowest BCUT2D eigenvalue weighted by Crippen LogP contribution is -2.36. The van der Waals surface area contributed by atoms with Crippen molar-refractivity contribution in [1.29, 1.82) is 0 Å². The molecule has 15 heavy (non-hydrogen) atoms. The Morgan fingerprint density at radius 1 is 1.40 bits per heavy atom. The summed E-state index contributed by atoms with van der Waals surface area (Å²) in [6.45, 7) is 10.7. The van der Waals surface area contributed by atoms with Gasteiger partial charge in [-0.15, -0.1) is 0 Å². The Kier molecular flexibility index (Phi) is 6.26. The van der Waals surface area contributed by atoms with Gasteiger partial charge in [-0.05, 0) is 65.6 Å². The summed E-state index contributed by atoms with van der Waals surface area (Å²) in [5.74, 6) is 0. The van der Waals surface area contributed by atoms with Crippen molar-refractivity contribution in [2.24, 2.45) is 0 Å². The summed E-state index contributed by atoms with van der Waals surface area (Å²) >= 11 is 0. The maximum absolute atomic E-state index is 3.47. The zero-order valence-corrected chi connectivity index (χ0v) is 10.8. The topological polar surface area (TPSA) is 15.3 Å². The van der Waals surface area contributed by atoms with Crippen LogP contribution in [0.1, 0.15) is 52.9 Å². The fraction of sp³-hybridized carbons (Fsp3) is 1.00. The molecule has 2 heteroatoms. The Hall–Kier alpha value is -0.0800. The van der Waals surface area contributed by atoms with Gasteiger partial charge < -0.3 is 5.32 Å². The smallest absolute Gasteiger partial charge is 0.00702 e. The van der Waals surface area contributed by atoms with Gasteiger partial charge in [0.15, 0.2) is 0 Å². The van der Waals surface area contributed by atoms with E-state index < -0.39 is 0 Å². The van der Waals surface area contributed by atoms with Crippen molar-refractivity contribution in [2.75, 3.05) is 19.6 Å². The van der Waals surface area contributed by atoms with E-state index in [1.165, 1.54) is 51.7 Å². The molecule has 1 fully saturated rings. The first kappa shape index (κ1) is 13.0. The Bertz CT molecular complexity index is 159. The monoisotopic (exact) mass is 212 g/mol. The van der Waals surface area contributed by atoms with Crippen LogP contribution in [0.3, 0.4) is 0 Å². The van der Waals surface area contributed by atoms with E-state index in [-0.39, 0.29) is 0 Å². The Morgan fingerprint density at radius 2 is 2.20 bits per heavy atom. The van der Waals surface area contributed by atoms with Crippen LogP contribution in [0.5, 0.6) is 0 Å². The molecular formula is C13H28N2. The standard InChI is InChI=1S/C13H28N2/c1-4-9-14-10-5-7-12(2)15-11-6-8-13(15)3/h12-14H,4-11H2,1-3H3. The Labute approximate surface area is 95.4 Å². The first-order valence-corrected chi connectivity index (χ1v) is 6.72. The first-order chi connectivity index (χ1) is 7.25. The number of hydrogen-bond donors (Lipinski definition) is 1. The molecule has 0 bridgehead atoms. The van der Waals surface area contributed by atoms with E-state index in [9.17, 15) is 0 Å². The molecule has 0 aliphatic carbocycles. The molecule has 0 aromatic carbocycles. The third-order valence-corrected chi connectivity index (χ3v) is 3.57. The minimum Gasteiger partial charge on any atom is -0.317 e. The molecule has 2 unspecified atom stereocenters. The van der Waals surface area contributed by atoms with E-state index in [0.717, 1.165) is 12.1 Å². The van der Waals surface area contributed by atoms with Crippen LogP contribution >= 0.6 is 0 Å². The van der Waals surface area contributed by atoms with E-state index in [1.54, 1.807) is 0 Å². The van der Waals surface area contributed by atoms with Crippen LogP contribution in [0.4, 0.5) is 0 Å². The molecule has 1 heterocycles. The molecule has 1 rings (SSSR count). The molecule has 0 radical (unpaired) electrons. The lowest BCUT2D eigenvalue weighted by Gasteiger charge is -2.28. The maximum Gasteiger partial charge on any atom is 0.00702 e. The summed E-state index contributed by atoms with van der Waals surface area (Å²) in [6.07, 6.45) is 6.72. The zero-order valence-electron chi connectivity index (χ0n) is 10.8. The summed E-state index contributed by atoms with van der Waals surface area (Å²) in [4.78, 5) is 2.68. The van der Waals surface area contributed by atoms with Crippen LogP contribution in [0, 0.1) is 0 Å². The fourth-order valence-corrected chi connectivity index (χ4v) is 2.60. The average Bonchev–Trinajstić information content (AvgIpc) is 2.64. The minimum absolute atomic E-state index is 0.783. The minimum atomic E-state index is 0.783. The molecule has 1 aliphatic rings. The molecule has 0 aromatic rings. The predicted molar refractivity (Wildman–Crippen MR) is 67.3 cm³/mol. The second-order valence-corrected chi connectivity index (χ2v) is 4.97. The number of rotatable bonds is 7. The van der Waals surface area contributed by atoms with Gasteiger partial charge in [0.25, 0.3) is 0 Å². The van der Waals surface area contributed by atoms with Gasteiger partial charge in [-0.1, -0.05) is 6.92 Å². The van der Waals surface area contributed by atoms with Crippen LogP contribution in [0.25, 0.3) is 0 Å². The van der Waals surface area contributed by atoms with Gasteiger partial charge in [-0.25, -0.2) is 0 Å². The molecule has 0 amide bonds. The van der Waals surface area contributed by atoms with Crippen molar-refractivity contribution in [3.63, 3.8) is 0 Å². The predicted octanol–water partition coefficient (Wildman–Crippen LogP) is 2.64. The number of nitrogens with zero attached hydrogens (tertiary/aromatic N) is 1. The normalized spacial score (nSPS) is 24.6. The van der Waals surface area contributed by atoms with Gasteiger partial charge in [0, 0.05) is 12.1 Å². The van der Waals surface area contributed by atoms with Crippen molar-refractivity contribution in [3.05, 3.63) is 0 Å². The summed E-state index contributed by atoms with van der Waals surface area (Å²) in [6, 6.07) is 1.61. The molecule has 2 atom stereocenters. The highest BCUT2D eigenvalue weighted by molar-refractivity contribution is 4.79. The van der Waals surface area contributed by atoms with E-state index in [0.29, 0.717) is 0 Å². The van der Waals surface area contributed by atoms with Crippen LogP contribution in [-0.2, 0) is 0 Å². The lowest BCUT2D eigenvalue weighted by atomic mass is 10.1. The highest BCUT2D eigenvalue weighted by Gasteiger charge is 2.24. The van der Waals surface area contributed by atoms with Crippen LogP contribution in [0.15, 0.2) is 0 Å². The van der Waals surface area contributed by atoms with Crippen LogP contribution in [0.2, 0.25) is 0 Å². The van der Waals surface area contributed by atoms with E-state index in [4.69, 9.17) is 0 Å². The SMILES string of the molecule is CCCNCCCC(C)N1CCCC1C. The third-order valence-electron chi connectivity index (χ3n) is 3.57. The first-order valence-electron chi connectivity index (χ1n) is 6.72. The van der Waals surface area contributed by atoms with E-state index >= 15 is 0 Å². The molecule has 0 aromatic heterocycles. The van der Waals surface area contributed by atoms with Gasteiger partial charge >= 0.3 is 0 Å². The van der Waals surface area contributed by atoms with Crippen molar-refractivity contribution in [3.8, 4) is 0 Å². The second kappa shape index (κ2) is 7.24. The summed E-state index contributed by atoms with van der Waals surface area (Å²) in [7, 11) is 0. The molecule has 1 N–H and O–H groups in total. The summed E-state index contributed by atoms with van der Waals surface area (Å²) in [5, 5.41) is 3.47. The van der Waals surface area contributed by atoms with Gasteiger partial charge in [0.05, 0.1) is 0 Å². The van der Waals surface area contributed by atoms with Crippen LogP contribution < -0.4 is 5.32 Å². The lowest BCUT2D eigenvalue weighted by molar-refractivity contribution is 0.191. The Balaban J connectivity index is 2.05. The molecular weight excluding hydrogens is 184 g/mol. The van der Waals surface area contributed by atoms with E-state index in [2.05, 4.69) is 31.0 Å². The number of hydrogen-bond acceptors (Lipinski definition) is 2. The van der Waals surface area contributed by atoms with Crippen molar-refractivity contribution in [1.82, 2.24) is 10.2 Å². The maximum atomic E-state index is 3.47. The van der Waals surface area contributed by atoms with Gasteiger partial charge in [0.1, 0.15) is 0 Å². The summed E-state index contributed by atoms with van der Waals surface area (Å²) < 4.78 is 0. The summed E-state index contributed by atoms with van der Waals surface area (Å²) in [5.41, 5.74) is 0. The van der Waals surface area contributed by atoms with Crippen molar-refractivity contribution in [2.45, 2.75) is 65.0 Å². The number of nitrogens with one attached hydrogen (secondary N) is 1. The molecule has 1 aliphatic heterocycles. The van der Waals surface area contributed by atoms with Gasteiger partial charge in [0.2, 0.25) is 0 Å². The molecule has 0 spiro atoms. The van der Waals surface area contributed by atoms with Crippen molar-refractivity contribution < 1.29 is 0 Å². The quantitative estimate of drug-likeness (QED) is 0.653. The Morgan fingerprint density at radius 3 is 2.80 bits per heavy atom. The molecule has 0 saturated carbocycles. The molecule has 2 nitrogen and oxygen atoms in total. The second-order valence-electron chi connectivity index (χ2n) is 4.97. The largest absolute Gasteiger partial charge is 0.317 e. The number of likely N-dealkylation sites (tertiary alicyclic amines) is 1. The van der Waals surface area contributed by atoms with Gasteiger partial charge in [-0.3, -0.25) is 4.90 Å².